The highest BCUT2D eigenvalue weighted by atomic mass is 32.1. The fourth-order valence-electron chi connectivity index (χ4n) is 2.23. The maximum atomic E-state index is 11.7. The van der Waals surface area contributed by atoms with Gasteiger partial charge in [-0.25, -0.2) is 4.79 Å². The molecule has 0 aliphatic heterocycles. The van der Waals surface area contributed by atoms with Crippen LogP contribution in [0.3, 0.4) is 0 Å². The van der Waals surface area contributed by atoms with Crippen LogP contribution in [0.2, 0.25) is 0 Å². The normalized spacial score (nSPS) is 16.0. The summed E-state index contributed by atoms with van der Waals surface area (Å²) in [7, 11) is 0. The van der Waals surface area contributed by atoms with Crippen molar-refractivity contribution in [3.8, 4) is 0 Å². The average Bonchev–Trinajstić information content (AvgIpc) is 2.88. The molecule has 1 aliphatic carbocycles. The summed E-state index contributed by atoms with van der Waals surface area (Å²) in [5.41, 5.74) is 0.176. The summed E-state index contributed by atoms with van der Waals surface area (Å²) in [6.07, 6.45) is 5.15. The highest BCUT2D eigenvalue weighted by Crippen LogP contribution is 2.29. The predicted octanol–water partition coefficient (Wildman–Crippen LogP) is 2.97. The molecule has 2 rings (SSSR count). The second-order valence-corrected chi connectivity index (χ2v) is 5.29. The van der Waals surface area contributed by atoms with Gasteiger partial charge in [-0.05, 0) is 30.2 Å². The Balaban J connectivity index is 1.93. The standard InChI is InChI=1S/C12H15NO3S/c14-10(7-8-3-1-2-4-8)13-11-9(12(15)16)5-6-17-11/h5-6,8H,1-4,7H2,(H,13,14)(H,15,16). The van der Waals surface area contributed by atoms with Gasteiger partial charge in [0, 0.05) is 6.42 Å². The Morgan fingerprint density at radius 1 is 1.41 bits per heavy atom. The largest absolute Gasteiger partial charge is 0.478 e. The number of hydrogen-bond acceptors (Lipinski definition) is 3. The van der Waals surface area contributed by atoms with Crippen molar-refractivity contribution in [3.63, 3.8) is 0 Å². The van der Waals surface area contributed by atoms with Crippen molar-refractivity contribution in [2.75, 3.05) is 5.32 Å². The summed E-state index contributed by atoms with van der Waals surface area (Å²) in [6.45, 7) is 0. The molecule has 5 heteroatoms. The van der Waals surface area contributed by atoms with Gasteiger partial charge in [-0.3, -0.25) is 4.79 Å². The lowest BCUT2D eigenvalue weighted by Gasteiger charge is -2.08. The minimum Gasteiger partial charge on any atom is -0.478 e. The van der Waals surface area contributed by atoms with Crippen LogP contribution in [0.1, 0.15) is 42.5 Å². The minimum absolute atomic E-state index is 0.0677. The van der Waals surface area contributed by atoms with E-state index in [0.717, 1.165) is 12.8 Å². The van der Waals surface area contributed by atoms with Gasteiger partial charge in [0.2, 0.25) is 5.91 Å². The van der Waals surface area contributed by atoms with Crippen molar-refractivity contribution in [2.24, 2.45) is 5.92 Å². The molecule has 1 aromatic rings. The van der Waals surface area contributed by atoms with Crippen LogP contribution in [0.15, 0.2) is 11.4 Å². The molecule has 0 saturated heterocycles. The third kappa shape index (κ3) is 3.06. The highest BCUT2D eigenvalue weighted by molar-refractivity contribution is 7.14. The zero-order chi connectivity index (χ0) is 12.3. The molecule has 17 heavy (non-hydrogen) atoms. The topological polar surface area (TPSA) is 66.4 Å². The molecule has 0 bridgehead atoms. The summed E-state index contributed by atoms with van der Waals surface area (Å²) in [6, 6.07) is 1.51. The van der Waals surface area contributed by atoms with Gasteiger partial charge >= 0.3 is 5.97 Å². The number of carboxylic acids is 1. The van der Waals surface area contributed by atoms with E-state index in [2.05, 4.69) is 5.32 Å². The summed E-state index contributed by atoms with van der Waals surface area (Å²) < 4.78 is 0. The molecule has 1 aromatic heterocycles. The van der Waals surface area contributed by atoms with Crippen LogP contribution in [0.4, 0.5) is 5.00 Å². The van der Waals surface area contributed by atoms with Crippen molar-refractivity contribution >= 4 is 28.2 Å². The summed E-state index contributed by atoms with van der Waals surface area (Å²) >= 11 is 1.25. The first-order chi connectivity index (χ1) is 8.16. The zero-order valence-corrected chi connectivity index (χ0v) is 10.3. The number of carboxylic acid groups (broad SMARTS) is 1. The van der Waals surface area contributed by atoms with Crippen LogP contribution in [0.25, 0.3) is 0 Å². The number of thiophene rings is 1. The Labute approximate surface area is 104 Å². The summed E-state index contributed by atoms with van der Waals surface area (Å²) in [4.78, 5) is 22.6. The number of carbonyl (C=O) groups excluding carboxylic acids is 1. The maximum absolute atomic E-state index is 11.7. The van der Waals surface area contributed by atoms with Crippen molar-refractivity contribution in [3.05, 3.63) is 17.0 Å². The molecule has 1 aliphatic rings. The van der Waals surface area contributed by atoms with Crippen molar-refractivity contribution in [2.45, 2.75) is 32.1 Å². The predicted molar refractivity (Wildman–Crippen MR) is 66.5 cm³/mol. The SMILES string of the molecule is O=C(CC1CCCC1)Nc1sccc1C(=O)O. The Bertz CT molecular complexity index is 421. The van der Waals surface area contributed by atoms with Crippen LogP contribution >= 0.6 is 11.3 Å². The molecular formula is C12H15NO3S. The van der Waals surface area contributed by atoms with E-state index in [4.69, 9.17) is 5.11 Å². The quantitative estimate of drug-likeness (QED) is 0.867. The van der Waals surface area contributed by atoms with Gasteiger partial charge in [-0.1, -0.05) is 12.8 Å². The average molecular weight is 253 g/mol. The second-order valence-electron chi connectivity index (χ2n) is 4.37. The number of anilines is 1. The summed E-state index contributed by atoms with van der Waals surface area (Å²) in [5, 5.41) is 13.7. The van der Waals surface area contributed by atoms with Crippen LogP contribution in [-0.2, 0) is 4.79 Å². The van der Waals surface area contributed by atoms with Gasteiger partial charge in [0.15, 0.2) is 0 Å². The molecule has 0 aromatic carbocycles. The molecule has 0 unspecified atom stereocenters. The van der Waals surface area contributed by atoms with Gasteiger partial charge in [0.1, 0.15) is 5.00 Å². The maximum Gasteiger partial charge on any atom is 0.338 e. The fourth-order valence-corrected chi connectivity index (χ4v) is 3.02. The number of carbonyl (C=O) groups is 2. The van der Waals surface area contributed by atoms with Gasteiger partial charge in [-0.15, -0.1) is 11.3 Å². The number of amides is 1. The molecule has 0 atom stereocenters. The van der Waals surface area contributed by atoms with Gasteiger partial charge in [0.05, 0.1) is 5.56 Å². The van der Waals surface area contributed by atoms with Crippen LogP contribution < -0.4 is 5.32 Å². The van der Waals surface area contributed by atoms with Crippen LogP contribution in [0, 0.1) is 5.92 Å². The Kier molecular flexibility index (Phi) is 3.78. The zero-order valence-electron chi connectivity index (χ0n) is 9.44. The first-order valence-corrected chi connectivity index (χ1v) is 6.65. The van der Waals surface area contributed by atoms with Gasteiger partial charge < -0.3 is 10.4 Å². The first kappa shape index (κ1) is 12.1. The van der Waals surface area contributed by atoms with E-state index < -0.39 is 5.97 Å². The minimum atomic E-state index is -0.998. The van der Waals surface area contributed by atoms with E-state index >= 15 is 0 Å². The van der Waals surface area contributed by atoms with Crippen LogP contribution in [0.5, 0.6) is 0 Å². The molecular weight excluding hydrogens is 238 g/mol. The van der Waals surface area contributed by atoms with E-state index in [1.807, 2.05) is 0 Å². The Morgan fingerprint density at radius 3 is 2.76 bits per heavy atom. The molecule has 1 saturated carbocycles. The Morgan fingerprint density at radius 2 is 2.12 bits per heavy atom. The smallest absolute Gasteiger partial charge is 0.338 e. The number of hydrogen-bond donors (Lipinski definition) is 2. The van der Waals surface area contributed by atoms with E-state index in [-0.39, 0.29) is 11.5 Å². The molecule has 1 heterocycles. The van der Waals surface area contributed by atoms with Crippen molar-refractivity contribution < 1.29 is 14.7 Å². The van der Waals surface area contributed by atoms with Gasteiger partial charge in [0.25, 0.3) is 0 Å². The molecule has 0 radical (unpaired) electrons. The molecule has 1 fully saturated rings. The third-order valence-corrected chi connectivity index (χ3v) is 3.93. The van der Waals surface area contributed by atoms with E-state index in [9.17, 15) is 9.59 Å². The lowest BCUT2D eigenvalue weighted by molar-refractivity contribution is -0.117. The fraction of sp³-hybridized carbons (Fsp3) is 0.500. The van der Waals surface area contributed by atoms with E-state index in [0.29, 0.717) is 17.3 Å². The molecule has 1 amide bonds. The lowest BCUT2D eigenvalue weighted by atomic mass is 10.0. The molecule has 0 spiro atoms. The number of nitrogens with one attached hydrogen (secondary N) is 1. The monoisotopic (exact) mass is 253 g/mol. The molecule has 92 valence electrons. The van der Waals surface area contributed by atoms with E-state index in [1.165, 1.54) is 30.2 Å². The summed E-state index contributed by atoms with van der Waals surface area (Å²) in [5.74, 6) is -0.590. The van der Waals surface area contributed by atoms with Crippen molar-refractivity contribution in [1.29, 1.82) is 0 Å². The highest BCUT2D eigenvalue weighted by Gasteiger charge is 2.20. The number of aromatic carboxylic acids is 1. The van der Waals surface area contributed by atoms with Crippen LogP contribution in [-0.4, -0.2) is 17.0 Å². The van der Waals surface area contributed by atoms with Gasteiger partial charge in [-0.2, -0.15) is 0 Å². The first-order valence-electron chi connectivity index (χ1n) is 5.77. The molecule has 2 N–H and O–H groups in total. The molecule has 4 nitrogen and oxygen atoms in total. The second kappa shape index (κ2) is 5.31. The lowest BCUT2D eigenvalue weighted by Crippen LogP contribution is -2.15. The number of rotatable bonds is 4. The van der Waals surface area contributed by atoms with Crippen molar-refractivity contribution in [1.82, 2.24) is 0 Å². The Hall–Kier alpha value is -1.36. The van der Waals surface area contributed by atoms with E-state index in [1.54, 1.807) is 5.38 Å². The third-order valence-electron chi connectivity index (χ3n) is 3.10.